The molecule has 0 unspecified atom stereocenters. The lowest BCUT2D eigenvalue weighted by Crippen LogP contribution is -2.17. The Labute approximate surface area is 501 Å². The Bertz CT molecular complexity index is 5130. The first-order chi connectivity index (χ1) is 41.2. The third kappa shape index (κ3) is 8.56. The van der Waals surface area contributed by atoms with E-state index in [1.807, 2.05) is 12.1 Å². The third-order valence-electron chi connectivity index (χ3n) is 17.8. The smallest absolute Gasteiger partial charge is 0.164 e. The van der Waals surface area contributed by atoms with E-state index in [9.17, 15) is 0 Å². The first kappa shape index (κ1) is 53.2. The molecule has 0 aliphatic rings. The van der Waals surface area contributed by atoms with Gasteiger partial charge in [0.1, 0.15) is 22.3 Å². The molecule has 0 N–H and O–H groups in total. The lowest BCUT2D eigenvalue weighted by atomic mass is 9.79. The summed E-state index contributed by atoms with van der Waals surface area (Å²) >= 11 is 0. The fraction of sp³-hybridized carbons (Fsp3) is 0.203. The van der Waals surface area contributed by atoms with Gasteiger partial charge in [-0.15, -0.1) is 0 Å². The van der Waals surface area contributed by atoms with Crippen molar-refractivity contribution >= 4 is 87.5 Å². The summed E-state index contributed by atoms with van der Waals surface area (Å²) in [6.45, 7) is 27.4. The van der Waals surface area contributed by atoms with E-state index in [1.165, 1.54) is 22.3 Å². The summed E-state index contributed by atoms with van der Waals surface area (Å²) in [4.78, 5) is 16.8. The molecule has 0 saturated heterocycles. The van der Waals surface area contributed by atoms with Crippen LogP contribution in [0.2, 0.25) is 0 Å². The van der Waals surface area contributed by atoms with Crippen LogP contribution in [-0.4, -0.2) is 24.1 Å². The largest absolute Gasteiger partial charge is 0.455 e. The van der Waals surface area contributed by atoms with Gasteiger partial charge >= 0.3 is 0 Å². The Morgan fingerprint density at radius 2 is 0.663 bits per heavy atom. The van der Waals surface area contributed by atoms with Gasteiger partial charge in [-0.05, 0) is 141 Å². The van der Waals surface area contributed by atoms with Gasteiger partial charge in [0.05, 0.1) is 44.2 Å². The van der Waals surface area contributed by atoms with E-state index >= 15 is 0 Å². The van der Waals surface area contributed by atoms with Crippen LogP contribution in [0.25, 0.3) is 144 Å². The number of benzene rings is 10. The SMILES string of the molecule is CC(C)(C)c1cc(-c2nc(-c3cc(C(C)(C)C)cc(C(C)(C)C)c3)nc(-c3ccc(-n4c5ccccc5c5c6oc7ccccc7c6ccc54)c(-c4ccccc4-n4c5ccccc5c5c6oc7ccccc7c6ccc54)c3)n2)cc(C(C)(C)C)c1. The Morgan fingerprint density at radius 3 is 1.10 bits per heavy atom. The number of fused-ring (bicyclic) bond motifs is 14. The summed E-state index contributed by atoms with van der Waals surface area (Å²) in [5, 5.41) is 8.77. The number of nitrogens with zero attached hydrogens (tertiary/aromatic N) is 5. The highest BCUT2D eigenvalue weighted by Crippen LogP contribution is 2.47. The van der Waals surface area contributed by atoms with Gasteiger partial charge in [0.15, 0.2) is 17.5 Å². The number of hydrogen-bond donors (Lipinski definition) is 0. The van der Waals surface area contributed by atoms with E-state index in [-0.39, 0.29) is 21.7 Å². The molecule has 0 aliphatic carbocycles. The molecular weight excluding hydrogens is 1050 g/mol. The summed E-state index contributed by atoms with van der Waals surface area (Å²) in [5.74, 6) is 1.85. The molecule has 5 aromatic heterocycles. The number of para-hydroxylation sites is 5. The van der Waals surface area contributed by atoms with Crippen LogP contribution in [0.15, 0.2) is 209 Å². The molecule has 15 rings (SSSR count). The van der Waals surface area contributed by atoms with Gasteiger partial charge in [0.25, 0.3) is 0 Å². The first-order valence-corrected chi connectivity index (χ1v) is 30.2. The molecule has 7 heteroatoms. The average molecular weight is 1120 g/mol. The number of aromatic nitrogens is 5. The second kappa shape index (κ2) is 19.0. The molecule has 0 saturated carbocycles. The summed E-state index contributed by atoms with van der Waals surface area (Å²) in [7, 11) is 0. The Morgan fingerprint density at radius 1 is 0.291 bits per heavy atom. The number of furan rings is 2. The zero-order valence-electron chi connectivity index (χ0n) is 51.1. The monoisotopic (exact) mass is 1120 g/mol. The van der Waals surface area contributed by atoms with E-state index in [0.29, 0.717) is 17.5 Å². The molecule has 0 atom stereocenters. The van der Waals surface area contributed by atoms with Gasteiger partial charge < -0.3 is 18.0 Å². The van der Waals surface area contributed by atoms with E-state index in [1.54, 1.807) is 0 Å². The van der Waals surface area contributed by atoms with E-state index < -0.39 is 0 Å². The molecule has 0 bridgehead atoms. The van der Waals surface area contributed by atoms with Gasteiger partial charge in [-0.2, -0.15) is 0 Å². The Hall–Kier alpha value is -9.59. The minimum Gasteiger partial charge on any atom is -0.455 e. The zero-order chi connectivity index (χ0) is 59.3. The van der Waals surface area contributed by atoms with Crippen molar-refractivity contribution in [2.45, 2.75) is 105 Å². The second-order valence-electron chi connectivity index (χ2n) is 27.7. The van der Waals surface area contributed by atoms with Crippen molar-refractivity contribution in [1.29, 1.82) is 0 Å². The normalized spacial score (nSPS) is 12.9. The van der Waals surface area contributed by atoms with Crippen molar-refractivity contribution in [2.75, 3.05) is 0 Å². The third-order valence-corrected chi connectivity index (χ3v) is 17.8. The van der Waals surface area contributed by atoms with Crippen LogP contribution in [0, 0.1) is 0 Å². The van der Waals surface area contributed by atoms with Crippen molar-refractivity contribution in [3.8, 4) is 56.7 Å². The molecule has 0 aliphatic heterocycles. The van der Waals surface area contributed by atoms with Gasteiger partial charge in [-0.1, -0.05) is 186 Å². The quantitative estimate of drug-likeness (QED) is 0.166. The predicted molar refractivity (Wildman–Crippen MR) is 360 cm³/mol. The van der Waals surface area contributed by atoms with Crippen LogP contribution in [0.3, 0.4) is 0 Å². The summed E-state index contributed by atoms with van der Waals surface area (Å²) in [5.41, 5.74) is 19.0. The van der Waals surface area contributed by atoms with Gasteiger partial charge in [0, 0.05) is 60.1 Å². The molecule has 0 fully saturated rings. The van der Waals surface area contributed by atoms with E-state index in [2.05, 4.69) is 280 Å². The van der Waals surface area contributed by atoms with Crippen LogP contribution in [0.1, 0.15) is 105 Å². The van der Waals surface area contributed by atoms with Gasteiger partial charge in [0.2, 0.25) is 0 Å². The number of rotatable bonds is 6. The highest BCUT2D eigenvalue weighted by Gasteiger charge is 2.28. The van der Waals surface area contributed by atoms with E-state index in [0.717, 1.165) is 127 Å². The van der Waals surface area contributed by atoms with Gasteiger partial charge in [-0.3, -0.25) is 0 Å². The predicted octanol–water partition coefficient (Wildman–Crippen LogP) is 21.7. The van der Waals surface area contributed by atoms with Crippen LogP contribution in [-0.2, 0) is 21.7 Å². The maximum absolute atomic E-state index is 6.87. The maximum atomic E-state index is 6.87. The average Bonchev–Trinajstić information content (AvgIpc) is 1.58. The second-order valence-corrected chi connectivity index (χ2v) is 27.7. The topological polar surface area (TPSA) is 74.8 Å². The van der Waals surface area contributed by atoms with Crippen LogP contribution >= 0.6 is 0 Å². The minimum atomic E-state index is -0.132. The molecule has 0 amide bonds. The summed E-state index contributed by atoms with van der Waals surface area (Å²) in [6.07, 6.45) is 0. The first-order valence-electron chi connectivity index (χ1n) is 30.2. The van der Waals surface area contributed by atoms with Crippen molar-refractivity contribution < 1.29 is 8.83 Å². The molecule has 86 heavy (non-hydrogen) atoms. The highest BCUT2D eigenvalue weighted by atomic mass is 16.3. The molecule has 5 heterocycles. The molecule has 0 radical (unpaired) electrons. The molecule has 422 valence electrons. The lowest BCUT2D eigenvalue weighted by Gasteiger charge is -2.26. The van der Waals surface area contributed by atoms with E-state index in [4.69, 9.17) is 23.8 Å². The van der Waals surface area contributed by atoms with Crippen LogP contribution in [0.4, 0.5) is 0 Å². The lowest BCUT2D eigenvalue weighted by molar-refractivity contribution is 0.568. The fourth-order valence-corrected chi connectivity index (χ4v) is 13.0. The Balaban J connectivity index is 1.04. The maximum Gasteiger partial charge on any atom is 0.164 e. The molecule has 10 aromatic carbocycles. The zero-order valence-corrected chi connectivity index (χ0v) is 51.1. The minimum absolute atomic E-state index is 0.132. The standard InChI is InChI=1S/C79H69N5O2/c1-76(2,3)49-39-47(40-50(44-49)77(4,5)6)74-80-73(81-75(82-74)48-41-51(78(7,8)9)45-52(42-48)79(10,11)12)46-33-36-64(84-63-30-20-15-27-59(63)70-66(84)38-35-57-55-25-17-22-32-68(55)86-72(57)70)60(43-46)53-23-13-18-28-61(53)83-62-29-19-14-26-58(62)69-65(83)37-34-56-54-24-16-21-31-67(54)85-71(56)69/h13-45H,1-12H3. The molecule has 0 spiro atoms. The van der Waals surface area contributed by atoms with Crippen molar-refractivity contribution in [2.24, 2.45) is 0 Å². The van der Waals surface area contributed by atoms with Crippen LogP contribution in [0.5, 0.6) is 0 Å². The Kier molecular flexibility index (Phi) is 11.7. The van der Waals surface area contributed by atoms with Crippen molar-refractivity contribution in [3.63, 3.8) is 0 Å². The van der Waals surface area contributed by atoms with Crippen molar-refractivity contribution in [1.82, 2.24) is 24.1 Å². The van der Waals surface area contributed by atoms with Crippen LogP contribution < -0.4 is 0 Å². The molecule has 7 nitrogen and oxygen atoms in total. The van der Waals surface area contributed by atoms with Crippen molar-refractivity contribution in [3.05, 3.63) is 222 Å². The molecular formula is C79H69N5O2. The molecule has 15 aromatic rings. The summed E-state index contributed by atoms with van der Waals surface area (Å²) in [6, 6.07) is 72.7. The highest BCUT2D eigenvalue weighted by molar-refractivity contribution is 6.25. The summed E-state index contributed by atoms with van der Waals surface area (Å²) < 4.78 is 18.6. The van der Waals surface area contributed by atoms with Gasteiger partial charge in [-0.25, -0.2) is 15.0 Å². The number of hydrogen-bond acceptors (Lipinski definition) is 5. The fourth-order valence-electron chi connectivity index (χ4n) is 13.0.